The molecule has 2 saturated heterocycles. The summed E-state index contributed by atoms with van der Waals surface area (Å²) in [6, 6.07) is 0. The first-order valence-corrected chi connectivity index (χ1v) is 6.93. The van der Waals surface area contributed by atoms with Gasteiger partial charge in [0.05, 0.1) is 18.8 Å². The first kappa shape index (κ1) is 11.9. The van der Waals surface area contributed by atoms with E-state index < -0.39 is 0 Å². The van der Waals surface area contributed by atoms with Crippen molar-refractivity contribution in [3.05, 3.63) is 0 Å². The van der Waals surface area contributed by atoms with Crippen LogP contribution in [0.2, 0.25) is 0 Å². The molecule has 2 aliphatic heterocycles. The lowest BCUT2D eigenvalue weighted by Crippen LogP contribution is -2.45. The average Bonchev–Trinajstić information content (AvgIpc) is 2.82. The topological polar surface area (TPSA) is 35.9 Å². The van der Waals surface area contributed by atoms with Crippen LogP contribution in [0.3, 0.4) is 0 Å². The number of rotatable bonds is 2. The van der Waals surface area contributed by atoms with Crippen LogP contribution in [0.5, 0.6) is 0 Å². The van der Waals surface area contributed by atoms with Gasteiger partial charge in [-0.3, -0.25) is 0 Å². The number of likely N-dealkylation sites (N-methyl/N-ethyl adjacent to an activating group) is 1. The lowest BCUT2D eigenvalue weighted by Gasteiger charge is -2.32. The Hall–Kier alpha value is -0.160. The molecule has 4 atom stereocenters. The van der Waals surface area contributed by atoms with Crippen LogP contribution in [-0.4, -0.2) is 73.5 Å². The van der Waals surface area contributed by atoms with Gasteiger partial charge in [0.1, 0.15) is 0 Å². The normalized spacial score (nSPS) is 44.1. The molecule has 98 valence electrons. The monoisotopic (exact) mass is 240 g/mol. The number of hydrogen-bond acceptors (Lipinski definition) is 4. The molecule has 4 heteroatoms. The highest BCUT2D eigenvalue weighted by molar-refractivity contribution is 4.94. The molecule has 2 heterocycles. The first-order valence-electron chi connectivity index (χ1n) is 6.93. The number of likely N-dealkylation sites (tertiary alicyclic amines) is 1. The Morgan fingerprint density at radius 1 is 1.24 bits per heavy atom. The minimum Gasteiger partial charge on any atom is -0.393 e. The molecule has 1 aliphatic carbocycles. The number of ether oxygens (including phenoxy) is 1. The minimum atomic E-state index is -0.0417. The highest BCUT2D eigenvalue weighted by Gasteiger charge is 2.42. The van der Waals surface area contributed by atoms with Crippen molar-refractivity contribution in [2.75, 3.05) is 46.4 Å². The fourth-order valence-corrected chi connectivity index (χ4v) is 3.74. The second kappa shape index (κ2) is 4.84. The molecular formula is C13H24N2O2. The van der Waals surface area contributed by atoms with Crippen molar-refractivity contribution in [2.24, 2.45) is 11.8 Å². The zero-order chi connectivity index (χ0) is 11.8. The Labute approximate surface area is 104 Å². The van der Waals surface area contributed by atoms with Crippen LogP contribution in [0.15, 0.2) is 0 Å². The molecule has 17 heavy (non-hydrogen) atoms. The summed E-state index contributed by atoms with van der Waals surface area (Å²) in [6.45, 7) is 6.27. The summed E-state index contributed by atoms with van der Waals surface area (Å²) >= 11 is 0. The molecule has 0 radical (unpaired) electrons. The Morgan fingerprint density at radius 2 is 2.12 bits per heavy atom. The number of nitrogens with zero attached hydrogens (tertiary/aromatic N) is 2. The van der Waals surface area contributed by atoms with Gasteiger partial charge in [-0.25, -0.2) is 0 Å². The van der Waals surface area contributed by atoms with Gasteiger partial charge in [0, 0.05) is 38.6 Å². The van der Waals surface area contributed by atoms with Crippen LogP contribution in [0, 0.1) is 11.8 Å². The maximum absolute atomic E-state index is 9.90. The standard InChI is InChI=1S/C13H24N2O2/c1-14-4-5-17-11(7-14)8-15-6-10-2-3-13(16)12(10)9-15/h10-13,16H,2-9H2,1H3. The molecule has 1 saturated carbocycles. The van der Waals surface area contributed by atoms with Gasteiger partial charge in [0.25, 0.3) is 0 Å². The van der Waals surface area contributed by atoms with Gasteiger partial charge in [-0.15, -0.1) is 0 Å². The predicted octanol–water partition coefficient (Wildman–Crippen LogP) is 0.0197. The van der Waals surface area contributed by atoms with Crippen molar-refractivity contribution in [1.29, 1.82) is 0 Å². The maximum atomic E-state index is 9.90. The van der Waals surface area contributed by atoms with Crippen LogP contribution in [0.4, 0.5) is 0 Å². The van der Waals surface area contributed by atoms with Gasteiger partial charge >= 0.3 is 0 Å². The van der Waals surface area contributed by atoms with E-state index >= 15 is 0 Å². The van der Waals surface area contributed by atoms with Crippen LogP contribution in [0.25, 0.3) is 0 Å². The number of morpholine rings is 1. The summed E-state index contributed by atoms with van der Waals surface area (Å²) in [5, 5.41) is 9.90. The molecule has 3 fully saturated rings. The van der Waals surface area contributed by atoms with Crippen LogP contribution < -0.4 is 0 Å². The van der Waals surface area contributed by atoms with Gasteiger partial charge in [0.15, 0.2) is 0 Å². The number of aliphatic hydroxyl groups excluding tert-OH is 1. The van der Waals surface area contributed by atoms with Crippen molar-refractivity contribution in [3.8, 4) is 0 Å². The Kier molecular flexibility index (Phi) is 3.39. The van der Waals surface area contributed by atoms with Gasteiger partial charge in [-0.1, -0.05) is 0 Å². The summed E-state index contributed by atoms with van der Waals surface area (Å²) in [6.07, 6.45) is 2.56. The predicted molar refractivity (Wildman–Crippen MR) is 65.9 cm³/mol. The van der Waals surface area contributed by atoms with Crippen molar-refractivity contribution in [2.45, 2.75) is 25.0 Å². The van der Waals surface area contributed by atoms with Gasteiger partial charge in [-0.2, -0.15) is 0 Å². The van der Waals surface area contributed by atoms with Crippen LogP contribution in [-0.2, 0) is 4.74 Å². The molecule has 0 aromatic rings. The van der Waals surface area contributed by atoms with Crippen LogP contribution in [0.1, 0.15) is 12.8 Å². The lowest BCUT2D eigenvalue weighted by molar-refractivity contribution is -0.0343. The van der Waals surface area contributed by atoms with E-state index in [-0.39, 0.29) is 6.10 Å². The smallest absolute Gasteiger partial charge is 0.0829 e. The molecule has 0 bridgehead atoms. The second-order valence-corrected chi connectivity index (χ2v) is 6.04. The van der Waals surface area contributed by atoms with E-state index in [1.54, 1.807) is 0 Å². The minimum absolute atomic E-state index is 0.0417. The van der Waals surface area contributed by atoms with E-state index in [0.717, 1.165) is 45.1 Å². The van der Waals surface area contributed by atoms with E-state index in [2.05, 4.69) is 16.8 Å². The summed E-state index contributed by atoms with van der Waals surface area (Å²) < 4.78 is 5.81. The van der Waals surface area contributed by atoms with Crippen molar-refractivity contribution < 1.29 is 9.84 Å². The number of fused-ring (bicyclic) bond motifs is 1. The average molecular weight is 240 g/mol. The third-order valence-corrected chi connectivity index (χ3v) is 4.70. The third-order valence-electron chi connectivity index (χ3n) is 4.70. The highest BCUT2D eigenvalue weighted by Crippen LogP contribution is 2.38. The van der Waals surface area contributed by atoms with E-state index in [4.69, 9.17) is 4.74 Å². The van der Waals surface area contributed by atoms with Crippen molar-refractivity contribution in [1.82, 2.24) is 9.80 Å². The Balaban J connectivity index is 1.50. The lowest BCUT2D eigenvalue weighted by atomic mass is 10.00. The summed E-state index contributed by atoms with van der Waals surface area (Å²) in [4.78, 5) is 4.85. The molecule has 0 aromatic heterocycles. The Bertz CT molecular complexity index is 274. The Morgan fingerprint density at radius 3 is 2.88 bits per heavy atom. The fourth-order valence-electron chi connectivity index (χ4n) is 3.74. The van der Waals surface area contributed by atoms with E-state index in [9.17, 15) is 5.11 Å². The van der Waals surface area contributed by atoms with E-state index in [1.807, 2.05) is 0 Å². The summed E-state index contributed by atoms with van der Waals surface area (Å²) in [5.74, 6) is 1.28. The summed E-state index contributed by atoms with van der Waals surface area (Å²) in [5.41, 5.74) is 0. The zero-order valence-electron chi connectivity index (χ0n) is 10.7. The largest absolute Gasteiger partial charge is 0.393 e. The van der Waals surface area contributed by atoms with Gasteiger partial charge < -0.3 is 19.6 Å². The maximum Gasteiger partial charge on any atom is 0.0829 e. The third kappa shape index (κ3) is 2.50. The molecule has 4 unspecified atom stereocenters. The van der Waals surface area contributed by atoms with Crippen molar-refractivity contribution >= 4 is 0 Å². The van der Waals surface area contributed by atoms with E-state index in [1.165, 1.54) is 13.0 Å². The summed E-state index contributed by atoms with van der Waals surface area (Å²) in [7, 11) is 2.16. The van der Waals surface area contributed by atoms with Gasteiger partial charge in [-0.05, 0) is 25.8 Å². The quantitative estimate of drug-likeness (QED) is 0.738. The molecule has 0 aromatic carbocycles. The number of aliphatic hydroxyl groups is 1. The molecular weight excluding hydrogens is 216 g/mol. The molecule has 0 amide bonds. The second-order valence-electron chi connectivity index (χ2n) is 6.04. The van der Waals surface area contributed by atoms with Crippen molar-refractivity contribution in [3.63, 3.8) is 0 Å². The molecule has 3 aliphatic rings. The van der Waals surface area contributed by atoms with Gasteiger partial charge in [0.2, 0.25) is 0 Å². The van der Waals surface area contributed by atoms with Crippen LogP contribution >= 0.6 is 0 Å². The zero-order valence-corrected chi connectivity index (χ0v) is 10.7. The van der Waals surface area contributed by atoms with E-state index in [0.29, 0.717) is 12.0 Å². The number of hydrogen-bond donors (Lipinski definition) is 1. The highest BCUT2D eigenvalue weighted by atomic mass is 16.5. The molecule has 0 spiro atoms. The fraction of sp³-hybridized carbons (Fsp3) is 1.00. The first-order chi connectivity index (χ1) is 8.22. The molecule has 4 nitrogen and oxygen atoms in total. The molecule has 1 N–H and O–H groups in total. The SMILES string of the molecule is CN1CCOC(CN2CC3CCC(O)C3C2)C1. The molecule has 3 rings (SSSR count).